The van der Waals surface area contributed by atoms with Crippen LogP contribution in [-0.4, -0.2) is 65.5 Å². The van der Waals surface area contributed by atoms with E-state index in [-0.39, 0.29) is 30.5 Å². The average Bonchev–Trinajstić information content (AvgIpc) is 2.95. The van der Waals surface area contributed by atoms with Crippen molar-refractivity contribution in [3.8, 4) is 0 Å². The molecule has 0 radical (unpaired) electrons. The number of nitrogens with one attached hydrogen (secondary N) is 1. The molecule has 2 rings (SSSR count). The molecule has 7 nitrogen and oxygen atoms in total. The van der Waals surface area contributed by atoms with Gasteiger partial charge in [-0.2, -0.15) is 0 Å². The number of rotatable bonds is 3. The quantitative estimate of drug-likeness (QED) is 0.760. The summed E-state index contributed by atoms with van der Waals surface area (Å²) in [5.41, 5.74) is -0.538. The van der Waals surface area contributed by atoms with Crippen molar-refractivity contribution in [2.45, 2.75) is 45.3 Å². The topological polar surface area (TPSA) is 79.0 Å². The zero-order valence-corrected chi connectivity index (χ0v) is 12.8. The van der Waals surface area contributed by atoms with E-state index in [0.29, 0.717) is 26.1 Å². The normalized spacial score (nSPS) is 23.3. The zero-order chi connectivity index (χ0) is 15.6. The minimum absolute atomic E-state index is 0.0807. The predicted octanol–water partition coefficient (Wildman–Crippen LogP) is 0.344. The molecule has 0 aliphatic carbocycles. The number of likely N-dealkylation sites (tertiary alicyclic amines) is 1. The number of ether oxygens (including phenoxy) is 1. The van der Waals surface area contributed by atoms with E-state index < -0.39 is 5.60 Å². The Morgan fingerprint density at radius 1 is 1.33 bits per heavy atom. The molecule has 2 fully saturated rings. The molecule has 0 spiro atoms. The second-order valence-corrected chi connectivity index (χ2v) is 6.44. The van der Waals surface area contributed by atoms with Gasteiger partial charge in [0.2, 0.25) is 5.91 Å². The number of carbonyl (C=O) groups is 3. The molecule has 2 saturated heterocycles. The molecular formula is C14H23N3O4. The lowest BCUT2D eigenvalue weighted by Gasteiger charge is -2.27. The summed E-state index contributed by atoms with van der Waals surface area (Å²) in [6, 6.07) is -0.744. The predicted molar refractivity (Wildman–Crippen MR) is 75.6 cm³/mol. The Hall–Kier alpha value is -1.63. The van der Waals surface area contributed by atoms with Gasteiger partial charge >= 0.3 is 12.0 Å². The maximum atomic E-state index is 12.2. The maximum Gasteiger partial charge on any atom is 0.324 e. The molecule has 0 aromatic carbocycles. The van der Waals surface area contributed by atoms with Crippen LogP contribution in [0.1, 0.15) is 33.6 Å². The summed E-state index contributed by atoms with van der Waals surface area (Å²) >= 11 is 0. The molecule has 0 unspecified atom stereocenters. The Labute approximate surface area is 124 Å². The molecule has 21 heavy (non-hydrogen) atoms. The third-order valence-electron chi connectivity index (χ3n) is 3.54. The highest BCUT2D eigenvalue weighted by atomic mass is 16.6. The fourth-order valence-corrected chi connectivity index (χ4v) is 2.62. The van der Waals surface area contributed by atoms with Crippen LogP contribution in [0.4, 0.5) is 4.79 Å². The molecule has 2 aliphatic rings. The molecule has 1 N–H and O–H groups in total. The fourth-order valence-electron chi connectivity index (χ4n) is 2.62. The van der Waals surface area contributed by atoms with Crippen molar-refractivity contribution < 1.29 is 19.1 Å². The van der Waals surface area contributed by atoms with Crippen molar-refractivity contribution in [1.29, 1.82) is 0 Å². The van der Waals surface area contributed by atoms with E-state index in [1.807, 2.05) is 25.7 Å². The van der Waals surface area contributed by atoms with Gasteiger partial charge in [0.15, 0.2) is 0 Å². The minimum Gasteiger partial charge on any atom is -0.459 e. The largest absolute Gasteiger partial charge is 0.459 e. The maximum absolute atomic E-state index is 12.2. The molecule has 118 valence electrons. The van der Waals surface area contributed by atoms with E-state index in [0.717, 1.165) is 6.42 Å². The first-order chi connectivity index (χ1) is 9.78. The Bertz CT molecular complexity index is 444. The zero-order valence-electron chi connectivity index (χ0n) is 12.8. The van der Waals surface area contributed by atoms with Crippen LogP contribution in [0.25, 0.3) is 0 Å². The summed E-state index contributed by atoms with van der Waals surface area (Å²) in [5, 5.41) is 2.60. The third kappa shape index (κ3) is 3.93. The summed E-state index contributed by atoms with van der Waals surface area (Å²) in [4.78, 5) is 38.8. The van der Waals surface area contributed by atoms with Crippen LogP contribution < -0.4 is 5.32 Å². The smallest absolute Gasteiger partial charge is 0.324 e. The lowest BCUT2D eigenvalue weighted by Crippen LogP contribution is -2.47. The molecule has 7 heteroatoms. The van der Waals surface area contributed by atoms with Gasteiger partial charge < -0.3 is 10.1 Å². The first-order valence-electron chi connectivity index (χ1n) is 7.33. The van der Waals surface area contributed by atoms with Gasteiger partial charge in [-0.15, -0.1) is 0 Å². The summed E-state index contributed by atoms with van der Waals surface area (Å²) in [6.45, 7) is 7.10. The van der Waals surface area contributed by atoms with E-state index in [2.05, 4.69) is 5.32 Å². The highest BCUT2D eigenvalue weighted by molar-refractivity contribution is 5.97. The van der Waals surface area contributed by atoms with Crippen LogP contribution >= 0.6 is 0 Å². The molecule has 2 aliphatic heterocycles. The van der Waals surface area contributed by atoms with Crippen molar-refractivity contribution >= 4 is 17.9 Å². The Balaban J connectivity index is 1.94. The summed E-state index contributed by atoms with van der Waals surface area (Å²) in [6.07, 6.45) is 1.54. The highest BCUT2D eigenvalue weighted by Crippen LogP contribution is 2.21. The standard InChI is InChI=1S/C14H23N3O4/c1-14(2,3)21-12(19)10-5-4-7-16(10)9-11(18)17-8-6-15-13(17)20/h10H,4-9H2,1-3H3,(H,15,20)/t10-/m1/s1. The van der Waals surface area contributed by atoms with Crippen molar-refractivity contribution in [3.05, 3.63) is 0 Å². The first kappa shape index (κ1) is 15.8. The molecule has 0 aromatic heterocycles. The molecule has 1 atom stereocenters. The summed E-state index contributed by atoms with van der Waals surface area (Å²) in [5.74, 6) is -0.556. The third-order valence-corrected chi connectivity index (χ3v) is 3.54. The molecule has 3 amide bonds. The van der Waals surface area contributed by atoms with Gasteiger partial charge in [0.1, 0.15) is 11.6 Å². The van der Waals surface area contributed by atoms with E-state index >= 15 is 0 Å². The van der Waals surface area contributed by atoms with Crippen molar-refractivity contribution in [3.63, 3.8) is 0 Å². The van der Waals surface area contributed by atoms with Gasteiger partial charge in [-0.1, -0.05) is 0 Å². The number of urea groups is 1. The second-order valence-electron chi connectivity index (χ2n) is 6.44. The summed E-state index contributed by atoms with van der Waals surface area (Å²) in [7, 11) is 0. The Morgan fingerprint density at radius 2 is 2.05 bits per heavy atom. The number of hydrogen-bond donors (Lipinski definition) is 1. The average molecular weight is 297 g/mol. The lowest BCUT2D eigenvalue weighted by atomic mass is 10.1. The van der Waals surface area contributed by atoms with Crippen LogP contribution in [0.15, 0.2) is 0 Å². The van der Waals surface area contributed by atoms with Gasteiger partial charge in [-0.05, 0) is 40.2 Å². The molecule has 2 heterocycles. The number of esters is 1. The van der Waals surface area contributed by atoms with Gasteiger partial charge in [0.25, 0.3) is 0 Å². The van der Waals surface area contributed by atoms with Crippen LogP contribution in [0.3, 0.4) is 0 Å². The van der Waals surface area contributed by atoms with E-state index in [9.17, 15) is 14.4 Å². The Morgan fingerprint density at radius 3 is 2.62 bits per heavy atom. The van der Waals surface area contributed by atoms with Crippen LogP contribution in [0, 0.1) is 0 Å². The van der Waals surface area contributed by atoms with Gasteiger partial charge in [-0.25, -0.2) is 4.79 Å². The monoisotopic (exact) mass is 297 g/mol. The number of amides is 3. The fraction of sp³-hybridized carbons (Fsp3) is 0.786. The molecule has 0 bridgehead atoms. The van der Waals surface area contributed by atoms with Crippen molar-refractivity contribution in [2.75, 3.05) is 26.2 Å². The molecule has 0 saturated carbocycles. The first-order valence-corrected chi connectivity index (χ1v) is 7.33. The summed E-state index contributed by atoms with van der Waals surface area (Å²) < 4.78 is 5.40. The highest BCUT2D eigenvalue weighted by Gasteiger charge is 2.37. The van der Waals surface area contributed by atoms with Crippen LogP contribution in [0.2, 0.25) is 0 Å². The second kappa shape index (κ2) is 6.01. The number of nitrogens with zero attached hydrogens (tertiary/aromatic N) is 2. The van der Waals surface area contributed by atoms with Crippen molar-refractivity contribution in [1.82, 2.24) is 15.1 Å². The van der Waals surface area contributed by atoms with E-state index in [1.165, 1.54) is 4.90 Å². The molecular weight excluding hydrogens is 274 g/mol. The number of hydrogen-bond acceptors (Lipinski definition) is 5. The SMILES string of the molecule is CC(C)(C)OC(=O)[C@H]1CCCN1CC(=O)N1CCNC1=O. The van der Waals surface area contributed by atoms with Crippen molar-refractivity contribution in [2.24, 2.45) is 0 Å². The van der Waals surface area contributed by atoms with E-state index in [1.54, 1.807) is 0 Å². The van der Waals surface area contributed by atoms with Gasteiger partial charge in [-0.3, -0.25) is 19.4 Å². The number of imide groups is 1. The van der Waals surface area contributed by atoms with Gasteiger partial charge in [0.05, 0.1) is 6.54 Å². The van der Waals surface area contributed by atoms with Crippen LogP contribution in [0.5, 0.6) is 0 Å². The van der Waals surface area contributed by atoms with Crippen LogP contribution in [-0.2, 0) is 14.3 Å². The number of carbonyl (C=O) groups excluding carboxylic acids is 3. The van der Waals surface area contributed by atoms with Gasteiger partial charge in [0, 0.05) is 13.1 Å². The lowest BCUT2D eigenvalue weighted by molar-refractivity contribution is -0.160. The molecule has 0 aromatic rings. The van der Waals surface area contributed by atoms with E-state index in [4.69, 9.17) is 4.74 Å². The minimum atomic E-state index is -0.538. The Kier molecular flexibility index (Phi) is 4.51.